The molecule has 5 nitrogen and oxygen atoms in total. The van der Waals surface area contributed by atoms with Crippen LogP contribution in [-0.4, -0.2) is 29.7 Å². The first-order chi connectivity index (χ1) is 11.9. The lowest BCUT2D eigenvalue weighted by Crippen LogP contribution is -2.33. The molecule has 0 unspecified atom stereocenters. The molecule has 7 heteroatoms. The van der Waals surface area contributed by atoms with Gasteiger partial charge in [-0.1, -0.05) is 18.5 Å². The summed E-state index contributed by atoms with van der Waals surface area (Å²) < 4.78 is 29.4. The summed E-state index contributed by atoms with van der Waals surface area (Å²) in [6.07, 6.45) is -1.21. The first kappa shape index (κ1) is 22.2. The Balaban J connectivity index is 2.55. The van der Waals surface area contributed by atoms with Gasteiger partial charge in [0.1, 0.15) is 29.4 Å². The minimum atomic E-state index is -0.650. The van der Waals surface area contributed by atoms with Gasteiger partial charge in [0.2, 0.25) is 0 Å². The molecule has 0 aliphatic rings. The van der Waals surface area contributed by atoms with Crippen LogP contribution in [0.2, 0.25) is 5.02 Å². The monoisotopic (exact) mass is 388 g/mol. The van der Waals surface area contributed by atoms with E-state index in [-0.39, 0.29) is 17.2 Å². The van der Waals surface area contributed by atoms with E-state index in [1.165, 1.54) is 18.2 Å². The first-order valence-electron chi connectivity index (χ1n) is 8.42. The van der Waals surface area contributed by atoms with Crippen LogP contribution in [0.15, 0.2) is 18.2 Å². The van der Waals surface area contributed by atoms with Gasteiger partial charge in [0.25, 0.3) is 0 Å². The molecule has 0 bridgehead atoms. The van der Waals surface area contributed by atoms with Crippen LogP contribution in [0.3, 0.4) is 0 Å². The third-order valence-corrected chi connectivity index (χ3v) is 3.63. The predicted molar refractivity (Wildman–Crippen MR) is 96.7 cm³/mol. The predicted octanol–water partition coefficient (Wildman–Crippen LogP) is 4.55. The fourth-order valence-corrected chi connectivity index (χ4v) is 2.23. The van der Waals surface area contributed by atoms with E-state index >= 15 is 0 Å². The van der Waals surface area contributed by atoms with Crippen LogP contribution >= 0.6 is 11.6 Å². The minimum absolute atomic E-state index is 0.0719. The number of carbonyl (C=O) groups excluding carboxylic acids is 2. The number of rotatable bonds is 7. The van der Waals surface area contributed by atoms with Crippen molar-refractivity contribution in [3.05, 3.63) is 29.0 Å². The highest BCUT2D eigenvalue weighted by Gasteiger charge is 2.26. The van der Waals surface area contributed by atoms with E-state index < -0.39 is 41.5 Å². The van der Waals surface area contributed by atoms with Crippen LogP contribution < -0.4 is 4.74 Å². The van der Waals surface area contributed by atoms with E-state index in [0.717, 1.165) is 0 Å². The molecule has 1 rings (SSSR count). The third-order valence-electron chi connectivity index (χ3n) is 3.42. The van der Waals surface area contributed by atoms with Gasteiger partial charge in [-0.05, 0) is 46.8 Å². The molecule has 0 amide bonds. The molecular weight excluding hydrogens is 363 g/mol. The minimum Gasteiger partial charge on any atom is -0.487 e. The average Bonchev–Trinajstić information content (AvgIpc) is 2.43. The number of ether oxygens (including phenoxy) is 3. The molecule has 0 aromatic heterocycles. The Hall–Kier alpha value is -1.82. The highest BCUT2D eigenvalue weighted by atomic mass is 35.5. The van der Waals surface area contributed by atoms with Crippen molar-refractivity contribution in [3.8, 4) is 5.75 Å². The van der Waals surface area contributed by atoms with E-state index in [1.54, 1.807) is 41.5 Å². The summed E-state index contributed by atoms with van der Waals surface area (Å²) in [4.78, 5) is 23.9. The van der Waals surface area contributed by atoms with E-state index in [4.69, 9.17) is 25.8 Å². The lowest BCUT2D eigenvalue weighted by Gasteiger charge is -2.24. The summed E-state index contributed by atoms with van der Waals surface area (Å²) in [5.41, 5.74) is -0.609. The Kier molecular flexibility index (Phi) is 7.87. The van der Waals surface area contributed by atoms with Crippen molar-refractivity contribution in [2.45, 2.75) is 65.8 Å². The number of halogens is 2. The second-order valence-corrected chi connectivity index (χ2v) is 7.70. The summed E-state index contributed by atoms with van der Waals surface area (Å²) in [5.74, 6) is -1.92. The highest BCUT2D eigenvalue weighted by Crippen LogP contribution is 2.22. The largest absolute Gasteiger partial charge is 0.487 e. The van der Waals surface area contributed by atoms with Crippen LogP contribution in [0.4, 0.5) is 4.39 Å². The van der Waals surface area contributed by atoms with Crippen LogP contribution in [0.1, 0.15) is 48.0 Å². The van der Waals surface area contributed by atoms with E-state index in [9.17, 15) is 14.0 Å². The number of hydrogen-bond donors (Lipinski definition) is 0. The Labute approximate surface area is 158 Å². The van der Waals surface area contributed by atoms with Crippen molar-refractivity contribution in [2.24, 2.45) is 5.92 Å². The fourth-order valence-electron chi connectivity index (χ4n) is 2.02. The molecule has 26 heavy (non-hydrogen) atoms. The summed E-state index contributed by atoms with van der Waals surface area (Å²) in [5, 5.41) is 0.211. The van der Waals surface area contributed by atoms with E-state index in [1.807, 2.05) is 0 Å². The van der Waals surface area contributed by atoms with Gasteiger partial charge >= 0.3 is 11.9 Å². The molecule has 0 heterocycles. The highest BCUT2D eigenvalue weighted by molar-refractivity contribution is 6.30. The van der Waals surface area contributed by atoms with Crippen molar-refractivity contribution in [1.82, 2.24) is 0 Å². The fraction of sp³-hybridized carbons (Fsp3) is 0.579. The zero-order chi connectivity index (χ0) is 20.1. The molecule has 3 atom stereocenters. The van der Waals surface area contributed by atoms with Gasteiger partial charge in [0.05, 0.1) is 12.3 Å². The van der Waals surface area contributed by atoms with Crippen LogP contribution in [0.25, 0.3) is 0 Å². The third kappa shape index (κ3) is 8.04. The Morgan fingerprint density at radius 3 is 2.27 bits per heavy atom. The second-order valence-electron chi connectivity index (χ2n) is 7.26. The molecule has 1 aromatic rings. The van der Waals surface area contributed by atoms with Crippen LogP contribution in [0.5, 0.6) is 5.75 Å². The lowest BCUT2D eigenvalue weighted by molar-refractivity contribution is -0.164. The Bertz CT molecular complexity index is 621. The van der Waals surface area contributed by atoms with E-state index in [2.05, 4.69) is 0 Å². The van der Waals surface area contributed by atoms with Crippen molar-refractivity contribution >= 4 is 23.5 Å². The quantitative estimate of drug-likeness (QED) is 0.641. The standard InChI is InChI=1S/C19H26ClFO5/c1-11(7-17(22)26-19(4,5)6)18(23)25-13(3)12(2)24-16-9-14(20)8-15(21)10-16/h8-13H,7H2,1-6H3/t11-,12-,13+/m1/s1. The second kappa shape index (κ2) is 9.21. The topological polar surface area (TPSA) is 61.8 Å². The number of hydrogen-bond acceptors (Lipinski definition) is 5. The summed E-state index contributed by atoms with van der Waals surface area (Å²) in [6, 6.07) is 3.84. The maximum Gasteiger partial charge on any atom is 0.309 e. The number of benzene rings is 1. The Morgan fingerprint density at radius 1 is 1.12 bits per heavy atom. The van der Waals surface area contributed by atoms with Crippen molar-refractivity contribution < 1.29 is 28.2 Å². The maximum absolute atomic E-state index is 13.3. The van der Waals surface area contributed by atoms with Crippen molar-refractivity contribution in [2.75, 3.05) is 0 Å². The van der Waals surface area contributed by atoms with Crippen molar-refractivity contribution in [3.63, 3.8) is 0 Å². The zero-order valence-corrected chi connectivity index (χ0v) is 16.7. The van der Waals surface area contributed by atoms with Crippen molar-refractivity contribution in [1.29, 1.82) is 0 Å². The molecule has 0 spiro atoms. The van der Waals surface area contributed by atoms with Crippen LogP contribution in [0, 0.1) is 11.7 Å². The summed E-state index contributed by atoms with van der Waals surface area (Å²) >= 11 is 5.78. The van der Waals surface area contributed by atoms with Gasteiger partial charge in [-0.15, -0.1) is 0 Å². The summed E-state index contributed by atoms with van der Waals surface area (Å²) in [6.45, 7) is 10.2. The molecule has 0 aliphatic carbocycles. The normalized spacial score (nSPS) is 14.9. The molecule has 0 radical (unpaired) electrons. The van der Waals surface area contributed by atoms with Gasteiger partial charge in [-0.25, -0.2) is 4.39 Å². The number of carbonyl (C=O) groups is 2. The summed E-state index contributed by atoms with van der Waals surface area (Å²) in [7, 11) is 0. The molecule has 0 saturated carbocycles. The van der Waals surface area contributed by atoms with Gasteiger partial charge < -0.3 is 14.2 Å². The van der Waals surface area contributed by atoms with Gasteiger partial charge in [0.15, 0.2) is 0 Å². The first-order valence-corrected chi connectivity index (χ1v) is 8.80. The van der Waals surface area contributed by atoms with Gasteiger partial charge in [-0.3, -0.25) is 9.59 Å². The Morgan fingerprint density at radius 2 is 1.73 bits per heavy atom. The average molecular weight is 389 g/mol. The zero-order valence-electron chi connectivity index (χ0n) is 16.0. The molecule has 146 valence electrons. The number of esters is 2. The molecule has 0 fully saturated rings. The van der Waals surface area contributed by atoms with Crippen LogP contribution in [-0.2, 0) is 19.1 Å². The maximum atomic E-state index is 13.3. The molecule has 0 N–H and O–H groups in total. The van der Waals surface area contributed by atoms with Gasteiger partial charge in [-0.2, -0.15) is 0 Å². The van der Waals surface area contributed by atoms with E-state index in [0.29, 0.717) is 0 Å². The SMILES string of the molecule is C[C@H](CC(=O)OC(C)(C)C)C(=O)O[C@@H](C)[C@@H](C)Oc1cc(F)cc(Cl)c1. The lowest BCUT2D eigenvalue weighted by atomic mass is 10.1. The smallest absolute Gasteiger partial charge is 0.309 e. The van der Waals surface area contributed by atoms with Gasteiger partial charge in [0, 0.05) is 11.1 Å². The molecule has 0 aliphatic heterocycles. The molecular formula is C19H26ClFO5. The molecule has 0 saturated heterocycles. The molecule has 1 aromatic carbocycles.